The first-order valence-electron chi connectivity index (χ1n) is 6.77. The number of benzene rings is 3. The Morgan fingerprint density at radius 1 is 0.714 bits per heavy atom. The number of halogens is 1. The van der Waals surface area contributed by atoms with Crippen LogP contribution in [0.15, 0.2) is 72.8 Å². The molecule has 0 aliphatic rings. The average molecular weight is 295 g/mol. The fourth-order valence-electron chi connectivity index (χ4n) is 2.33. The van der Waals surface area contributed by atoms with Gasteiger partial charge in [-0.15, -0.1) is 0 Å². The lowest BCUT2D eigenvalue weighted by Gasteiger charge is -2.08. The highest BCUT2D eigenvalue weighted by atomic mass is 35.5. The molecule has 0 heterocycles. The molecule has 0 aliphatic carbocycles. The summed E-state index contributed by atoms with van der Waals surface area (Å²) in [7, 11) is 1.67. The summed E-state index contributed by atoms with van der Waals surface area (Å²) in [6.07, 6.45) is 0. The van der Waals surface area contributed by atoms with Gasteiger partial charge in [0.05, 0.1) is 7.11 Å². The minimum absolute atomic E-state index is 0.759. The SMILES string of the molecule is COc1ccc(-c2ccc(-c3ccccc3)c(Cl)c2)cc1. The molecule has 21 heavy (non-hydrogen) atoms. The van der Waals surface area contributed by atoms with Crippen molar-refractivity contribution in [3.63, 3.8) is 0 Å². The number of hydrogen-bond acceptors (Lipinski definition) is 1. The van der Waals surface area contributed by atoms with Gasteiger partial charge in [0.25, 0.3) is 0 Å². The monoisotopic (exact) mass is 294 g/mol. The van der Waals surface area contributed by atoms with Crippen molar-refractivity contribution in [1.82, 2.24) is 0 Å². The number of rotatable bonds is 3. The van der Waals surface area contributed by atoms with Crippen LogP contribution in [0.25, 0.3) is 22.3 Å². The molecule has 0 saturated carbocycles. The Bertz CT molecular complexity index is 733. The van der Waals surface area contributed by atoms with E-state index in [1.807, 2.05) is 48.5 Å². The third-order valence-electron chi connectivity index (χ3n) is 3.48. The van der Waals surface area contributed by atoms with Crippen LogP contribution in [0.2, 0.25) is 5.02 Å². The van der Waals surface area contributed by atoms with E-state index >= 15 is 0 Å². The van der Waals surface area contributed by atoms with E-state index in [1.165, 1.54) is 0 Å². The van der Waals surface area contributed by atoms with Crippen molar-refractivity contribution in [3.8, 4) is 28.0 Å². The van der Waals surface area contributed by atoms with E-state index in [0.29, 0.717) is 0 Å². The summed E-state index contributed by atoms with van der Waals surface area (Å²) in [5.74, 6) is 0.853. The second-order valence-corrected chi connectivity index (χ2v) is 5.20. The van der Waals surface area contributed by atoms with Crippen molar-refractivity contribution < 1.29 is 4.74 Å². The highest BCUT2D eigenvalue weighted by Gasteiger charge is 2.06. The van der Waals surface area contributed by atoms with Crippen LogP contribution < -0.4 is 4.74 Å². The predicted octanol–water partition coefficient (Wildman–Crippen LogP) is 5.68. The van der Waals surface area contributed by atoms with Crippen LogP contribution in [0.4, 0.5) is 0 Å². The Morgan fingerprint density at radius 2 is 1.38 bits per heavy atom. The summed E-state index contributed by atoms with van der Waals surface area (Å²) in [6.45, 7) is 0. The molecule has 3 aromatic rings. The summed E-state index contributed by atoms with van der Waals surface area (Å²) < 4.78 is 5.18. The molecule has 0 aliphatic heterocycles. The molecular weight excluding hydrogens is 280 g/mol. The van der Waals surface area contributed by atoms with Gasteiger partial charge in [0, 0.05) is 10.6 Å². The fourth-order valence-corrected chi connectivity index (χ4v) is 2.62. The fraction of sp³-hybridized carbons (Fsp3) is 0.0526. The lowest BCUT2D eigenvalue weighted by molar-refractivity contribution is 0.415. The zero-order valence-electron chi connectivity index (χ0n) is 11.7. The van der Waals surface area contributed by atoms with Crippen molar-refractivity contribution in [2.75, 3.05) is 7.11 Å². The van der Waals surface area contributed by atoms with E-state index in [2.05, 4.69) is 24.3 Å². The maximum Gasteiger partial charge on any atom is 0.118 e. The van der Waals surface area contributed by atoms with Crippen molar-refractivity contribution >= 4 is 11.6 Å². The lowest BCUT2D eigenvalue weighted by Crippen LogP contribution is -1.84. The van der Waals surface area contributed by atoms with E-state index in [4.69, 9.17) is 16.3 Å². The molecule has 3 aromatic carbocycles. The van der Waals surface area contributed by atoms with Crippen LogP contribution in [0.1, 0.15) is 0 Å². The first kappa shape index (κ1) is 13.7. The summed E-state index contributed by atoms with van der Waals surface area (Å²) >= 11 is 6.45. The largest absolute Gasteiger partial charge is 0.497 e. The van der Waals surface area contributed by atoms with Crippen LogP contribution in [0.3, 0.4) is 0 Å². The maximum absolute atomic E-state index is 6.45. The summed E-state index contributed by atoms with van der Waals surface area (Å²) in [6, 6.07) is 24.3. The predicted molar refractivity (Wildman–Crippen MR) is 88.9 cm³/mol. The zero-order chi connectivity index (χ0) is 14.7. The number of hydrogen-bond donors (Lipinski definition) is 0. The molecule has 0 aromatic heterocycles. The van der Waals surface area contributed by atoms with Gasteiger partial charge in [-0.2, -0.15) is 0 Å². The third-order valence-corrected chi connectivity index (χ3v) is 3.79. The second-order valence-electron chi connectivity index (χ2n) is 4.79. The quantitative estimate of drug-likeness (QED) is 0.603. The molecule has 0 unspecified atom stereocenters. The van der Waals surface area contributed by atoms with Gasteiger partial charge in [-0.05, 0) is 34.9 Å². The molecule has 0 spiro atoms. The third kappa shape index (κ3) is 2.93. The van der Waals surface area contributed by atoms with E-state index in [1.54, 1.807) is 7.11 Å². The minimum Gasteiger partial charge on any atom is -0.497 e. The summed E-state index contributed by atoms with van der Waals surface area (Å²) in [4.78, 5) is 0. The standard InChI is InChI=1S/C19H15ClO/c1-21-17-10-7-14(8-11-17)16-9-12-18(19(20)13-16)15-5-3-2-4-6-15/h2-13H,1H3. The van der Waals surface area contributed by atoms with Gasteiger partial charge in [0.1, 0.15) is 5.75 Å². The first-order valence-corrected chi connectivity index (χ1v) is 7.15. The smallest absolute Gasteiger partial charge is 0.118 e. The average Bonchev–Trinajstić information content (AvgIpc) is 2.55. The number of ether oxygens (including phenoxy) is 1. The van der Waals surface area contributed by atoms with Crippen LogP contribution >= 0.6 is 11.6 Å². The normalized spacial score (nSPS) is 10.4. The van der Waals surface area contributed by atoms with Gasteiger partial charge in [-0.25, -0.2) is 0 Å². The van der Waals surface area contributed by atoms with Gasteiger partial charge in [0.15, 0.2) is 0 Å². The minimum atomic E-state index is 0.759. The molecular formula is C19H15ClO. The van der Waals surface area contributed by atoms with Gasteiger partial charge in [-0.1, -0.05) is 66.2 Å². The Kier molecular flexibility index (Phi) is 3.94. The highest BCUT2D eigenvalue weighted by molar-refractivity contribution is 6.33. The second kappa shape index (κ2) is 6.02. The van der Waals surface area contributed by atoms with Gasteiger partial charge in [0.2, 0.25) is 0 Å². The molecule has 0 bridgehead atoms. The van der Waals surface area contributed by atoms with Crippen molar-refractivity contribution in [2.45, 2.75) is 0 Å². The molecule has 0 N–H and O–H groups in total. The molecule has 0 fully saturated rings. The van der Waals surface area contributed by atoms with Crippen molar-refractivity contribution in [1.29, 1.82) is 0 Å². The summed E-state index contributed by atoms with van der Waals surface area (Å²) in [5.41, 5.74) is 4.40. The van der Waals surface area contributed by atoms with Crippen molar-refractivity contribution in [3.05, 3.63) is 77.8 Å². The van der Waals surface area contributed by atoms with E-state index in [0.717, 1.165) is 33.0 Å². The van der Waals surface area contributed by atoms with Crippen LogP contribution in [0, 0.1) is 0 Å². The van der Waals surface area contributed by atoms with Crippen LogP contribution in [0.5, 0.6) is 5.75 Å². The first-order chi connectivity index (χ1) is 10.3. The van der Waals surface area contributed by atoms with E-state index in [9.17, 15) is 0 Å². The number of methoxy groups -OCH3 is 1. The Hall–Kier alpha value is -2.25. The zero-order valence-corrected chi connectivity index (χ0v) is 12.5. The van der Waals surface area contributed by atoms with Gasteiger partial charge in [-0.3, -0.25) is 0 Å². The van der Waals surface area contributed by atoms with Crippen molar-refractivity contribution in [2.24, 2.45) is 0 Å². The highest BCUT2D eigenvalue weighted by Crippen LogP contribution is 2.32. The molecule has 0 amide bonds. The van der Waals surface area contributed by atoms with Crippen LogP contribution in [-0.4, -0.2) is 7.11 Å². The summed E-state index contributed by atoms with van der Waals surface area (Å²) in [5, 5.41) is 0.759. The Labute approximate surface area is 129 Å². The Morgan fingerprint density at radius 3 is 2.00 bits per heavy atom. The maximum atomic E-state index is 6.45. The molecule has 2 heteroatoms. The topological polar surface area (TPSA) is 9.23 Å². The van der Waals surface area contributed by atoms with E-state index < -0.39 is 0 Å². The van der Waals surface area contributed by atoms with Gasteiger partial charge < -0.3 is 4.74 Å². The molecule has 1 nitrogen and oxygen atoms in total. The Balaban J connectivity index is 1.97. The van der Waals surface area contributed by atoms with Gasteiger partial charge >= 0.3 is 0 Å². The molecule has 0 radical (unpaired) electrons. The lowest BCUT2D eigenvalue weighted by atomic mass is 10.0. The molecule has 0 saturated heterocycles. The molecule has 3 rings (SSSR count). The molecule has 104 valence electrons. The van der Waals surface area contributed by atoms with Crippen LogP contribution in [-0.2, 0) is 0 Å². The molecule has 0 atom stereocenters. The van der Waals surface area contributed by atoms with E-state index in [-0.39, 0.29) is 0 Å².